The SMILES string of the molecule is NC(=O)COc1ccc(CCO)cc1. The lowest BCUT2D eigenvalue weighted by Crippen LogP contribution is -2.19. The summed E-state index contributed by atoms with van der Waals surface area (Å²) in [6, 6.07) is 7.17. The van der Waals surface area contributed by atoms with Gasteiger partial charge in [0.2, 0.25) is 0 Å². The van der Waals surface area contributed by atoms with E-state index in [4.69, 9.17) is 15.6 Å². The van der Waals surface area contributed by atoms with E-state index in [9.17, 15) is 4.79 Å². The van der Waals surface area contributed by atoms with Crippen LogP contribution < -0.4 is 10.5 Å². The lowest BCUT2D eigenvalue weighted by molar-refractivity contribution is -0.119. The highest BCUT2D eigenvalue weighted by molar-refractivity contribution is 5.75. The number of benzene rings is 1. The van der Waals surface area contributed by atoms with E-state index in [-0.39, 0.29) is 13.2 Å². The molecule has 14 heavy (non-hydrogen) atoms. The van der Waals surface area contributed by atoms with Crippen LogP contribution in [-0.4, -0.2) is 24.2 Å². The molecule has 1 amide bonds. The molecule has 0 unspecified atom stereocenters. The first-order valence-electron chi connectivity index (χ1n) is 4.33. The van der Waals surface area contributed by atoms with E-state index >= 15 is 0 Å². The van der Waals surface area contributed by atoms with Crippen LogP contribution in [0.2, 0.25) is 0 Å². The van der Waals surface area contributed by atoms with Crippen LogP contribution in [0.4, 0.5) is 0 Å². The predicted molar refractivity (Wildman–Crippen MR) is 51.9 cm³/mol. The highest BCUT2D eigenvalue weighted by Crippen LogP contribution is 2.12. The van der Waals surface area contributed by atoms with Gasteiger partial charge in [0.15, 0.2) is 6.61 Å². The summed E-state index contributed by atoms with van der Waals surface area (Å²) in [5.74, 6) is 0.106. The number of ether oxygens (including phenoxy) is 1. The number of carbonyl (C=O) groups excluding carboxylic acids is 1. The molecule has 0 spiro atoms. The zero-order valence-corrected chi connectivity index (χ0v) is 7.77. The van der Waals surface area contributed by atoms with Crippen molar-refractivity contribution in [2.45, 2.75) is 6.42 Å². The Labute approximate surface area is 82.3 Å². The Bertz CT molecular complexity index is 295. The van der Waals surface area contributed by atoms with Crippen LogP contribution in [0.1, 0.15) is 5.56 Å². The number of hydrogen-bond donors (Lipinski definition) is 2. The third-order valence-electron chi connectivity index (χ3n) is 1.70. The van der Waals surface area contributed by atoms with Gasteiger partial charge in [0, 0.05) is 6.61 Å². The number of aliphatic hydroxyl groups excluding tert-OH is 1. The average molecular weight is 195 g/mol. The van der Waals surface area contributed by atoms with Crippen molar-refractivity contribution in [3.05, 3.63) is 29.8 Å². The summed E-state index contributed by atoms with van der Waals surface area (Å²) in [6.45, 7) is 0.0147. The molecule has 0 aliphatic carbocycles. The van der Waals surface area contributed by atoms with Crippen LogP contribution in [0.25, 0.3) is 0 Å². The summed E-state index contributed by atoms with van der Waals surface area (Å²) in [7, 11) is 0. The second-order valence-electron chi connectivity index (χ2n) is 2.87. The van der Waals surface area contributed by atoms with Crippen molar-refractivity contribution in [1.29, 1.82) is 0 Å². The lowest BCUT2D eigenvalue weighted by Gasteiger charge is -2.04. The van der Waals surface area contributed by atoms with Gasteiger partial charge >= 0.3 is 0 Å². The van der Waals surface area contributed by atoms with Gasteiger partial charge in [-0.3, -0.25) is 4.79 Å². The van der Waals surface area contributed by atoms with Crippen molar-refractivity contribution >= 4 is 5.91 Å². The minimum atomic E-state index is -0.496. The Morgan fingerprint density at radius 3 is 2.50 bits per heavy atom. The lowest BCUT2D eigenvalue weighted by atomic mass is 10.1. The maximum absolute atomic E-state index is 10.4. The maximum Gasteiger partial charge on any atom is 0.255 e. The van der Waals surface area contributed by atoms with Gasteiger partial charge in [-0.2, -0.15) is 0 Å². The van der Waals surface area contributed by atoms with Gasteiger partial charge in [-0.05, 0) is 24.1 Å². The molecule has 1 rings (SSSR count). The summed E-state index contributed by atoms with van der Waals surface area (Å²) < 4.78 is 5.06. The normalized spacial score (nSPS) is 9.79. The Kier molecular flexibility index (Phi) is 3.94. The van der Waals surface area contributed by atoms with E-state index in [0.717, 1.165) is 5.56 Å². The van der Waals surface area contributed by atoms with Gasteiger partial charge in [0.05, 0.1) is 0 Å². The maximum atomic E-state index is 10.4. The van der Waals surface area contributed by atoms with Crippen molar-refractivity contribution in [3.63, 3.8) is 0 Å². The summed E-state index contributed by atoms with van der Waals surface area (Å²) >= 11 is 0. The molecule has 1 aromatic rings. The molecule has 4 nitrogen and oxygen atoms in total. The molecule has 0 bridgehead atoms. The van der Waals surface area contributed by atoms with Crippen LogP contribution in [0, 0.1) is 0 Å². The molecule has 0 heterocycles. The number of carbonyl (C=O) groups is 1. The first-order valence-corrected chi connectivity index (χ1v) is 4.33. The second kappa shape index (κ2) is 5.24. The first-order chi connectivity index (χ1) is 6.72. The van der Waals surface area contributed by atoms with Crippen LogP contribution in [0.5, 0.6) is 5.75 Å². The van der Waals surface area contributed by atoms with Crippen LogP contribution in [0.3, 0.4) is 0 Å². The fraction of sp³-hybridized carbons (Fsp3) is 0.300. The van der Waals surface area contributed by atoms with Crippen LogP contribution in [0.15, 0.2) is 24.3 Å². The quantitative estimate of drug-likeness (QED) is 0.699. The standard InChI is InChI=1S/C10H13NO3/c11-10(13)7-14-9-3-1-8(2-4-9)5-6-12/h1-4,12H,5-7H2,(H2,11,13). The molecule has 0 fully saturated rings. The van der Waals surface area contributed by atoms with Gasteiger partial charge in [0.1, 0.15) is 5.75 Å². The van der Waals surface area contributed by atoms with Gasteiger partial charge in [-0.15, -0.1) is 0 Å². The van der Waals surface area contributed by atoms with Crippen LogP contribution in [-0.2, 0) is 11.2 Å². The molecule has 0 aliphatic heterocycles. The van der Waals surface area contributed by atoms with Gasteiger partial charge in [0.25, 0.3) is 5.91 Å². The minimum absolute atomic E-state index is 0.112. The molecule has 0 saturated carbocycles. The first kappa shape index (κ1) is 10.5. The molecule has 76 valence electrons. The minimum Gasteiger partial charge on any atom is -0.484 e. The monoisotopic (exact) mass is 195 g/mol. The highest BCUT2D eigenvalue weighted by atomic mass is 16.5. The number of rotatable bonds is 5. The van der Waals surface area contributed by atoms with E-state index in [1.165, 1.54) is 0 Å². The van der Waals surface area contributed by atoms with Gasteiger partial charge in [-0.25, -0.2) is 0 Å². The largest absolute Gasteiger partial charge is 0.484 e. The second-order valence-corrected chi connectivity index (χ2v) is 2.87. The van der Waals surface area contributed by atoms with E-state index in [1.54, 1.807) is 12.1 Å². The molecule has 0 aromatic heterocycles. The summed E-state index contributed by atoms with van der Waals surface area (Å²) in [5.41, 5.74) is 5.95. The number of aliphatic hydroxyl groups is 1. The summed E-state index contributed by atoms with van der Waals surface area (Å²) in [6.07, 6.45) is 0.621. The smallest absolute Gasteiger partial charge is 0.255 e. The van der Waals surface area contributed by atoms with Gasteiger partial charge in [-0.1, -0.05) is 12.1 Å². The molecule has 0 radical (unpaired) electrons. The molecular weight excluding hydrogens is 182 g/mol. The van der Waals surface area contributed by atoms with Crippen LogP contribution >= 0.6 is 0 Å². The van der Waals surface area contributed by atoms with Crippen molar-refractivity contribution < 1.29 is 14.6 Å². The van der Waals surface area contributed by atoms with E-state index < -0.39 is 5.91 Å². The van der Waals surface area contributed by atoms with Gasteiger partial charge < -0.3 is 15.6 Å². The van der Waals surface area contributed by atoms with Crippen molar-refractivity contribution in [2.75, 3.05) is 13.2 Å². The molecule has 3 N–H and O–H groups in total. The molecule has 0 aliphatic rings. The number of amides is 1. The molecule has 0 atom stereocenters. The third kappa shape index (κ3) is 3.45. The molecule has 4 heteroatoms. The third-order valence-corrected chi connectivity index (χ3v) is 1.70. The average Bonchev–Trinajstić information content (AvgIpc) is 2.17. The Balaban J connectivity index is 2.50. The zero-order valence-electron chi connectivity index (χ0n) is 7.77. The Morgan fingerprint density at radius 2 is 2.00 bits per heavy atom. The van der Waals surface area contributed by atoms with Crippen molar-refractivity contribution in [2.24, 2.45) is 5.73 Å². The summed E-state index contributed by atoms with van der Waals surface area (Å²) in [5, 5.41) is 8.67. The predicted octanol–water partition coefficient (Wildman–Crippen LogP) is 0.0855. The van der Waals surface area contributed by atoms with E-state index in [2.05, 4.69) is 0 Å². The Hall–Kier alpha value is -1.55. The van der Waals surface area contributed by atoms with Crippen molar-refractivity contribution in [3.8, 4) is 5.75 Å². The zero-order chi connectivity index (χ0) is 10.4. The van der Waals surface area contributed by atoms with Crippen molar-refractivity contribution in [1.82, 2.24) is 0 Å². The fourth-order valence-electron chi connectivity index (χ4n) is 1.04. The fourth-order valence-corrected chi connectivity index (χ4v) is 1.04. The number of primary amides is 1. The Morgan fingerprint density at radius 1 is 1.36 bits per heavy atom. The topological polar surface area (TPSA) is 72.6 Å². The van der Waals surface area contributed by atoms with E-state index in [1.807, 2.05) is 12.1 Å². The highest BCUT2D eigenvalue weighted by Gasteiger charge is 1.97. The molecular formula is C10H13NO3. The number of nitrogens with two attached hydrogens (primary N) is 1. The summed E-state index contributed by atoms with van der Waals surface area (Å²) in [4.78, 5) is 10.4. The number of hydrogen-bond acceptors (Lipinski definition) is 3. The molecule has 1 aromatic carbocycles. The van der Waals surface area contributed by atoms with E-state index in [0.29, 0.717) is 12.2 Å². The molecule has 0 saturated heterocycles.